The summed E-state index contributed by atoms with van der Waals surface area (Å²) in [5.41, 5.74) is 9.73. The Morgan fingerprint density at radius 2 is 1.76 bits per heavy atom. The molecule has 2 aromatic carbocycles. The second-order valence-corrected chi connectivity index (χ2v) is 5.55. The fourth-order valence-electron chi connectivity index (χ4n) is 2.25. The third-order valence-electron chi connectivity index (χ3n) is 3.51. The molecule has 3 nitrogen and oxygen atoms in total. The van der Waals surface area contributed by atoms with Crippen molar-refractivity contribution < 1.29 is 4.79 Å². The molecule has 0 bridgehead atoms. The molecule has 110 valence electrons. The van der Waals surface area contributed by atoms with Crippen LogP contribution in [0.15, 0.2) is 48.5 Å². The van der Waals surface area contributed by atoms with Crippen molar-refractivity contribution in [2.45, 2.75) is 32.7 Å². The molecule has 0 atom stereocenters. The van der Waals surface area contributed by atoms with Crippen molar-refractivity contribution in [2.75, 3.05) is 5.32 Å². The summed E-state index contributed by atoms with van der Waals surface area (Å²) in [6.45, 7) is 5.11. The van der Waals surface area contributed by atoms with Crippen LogP contribution < -0.4 is 11.1 Å². The van der Waals surface area contributed by atoms with Gasteiger partial charge in [0, 0.05) is 12.2 Å². The second kappa shape index (κ2) is 6.93. The summed E-state index contributed by atoms with van der Waals surface area (Å²) in [7, 11) is 0. The van der Waals surface area contributed by atoms with E-state index in [1.807, 2.05) is 24.3 Å². The third kappa shape index (κ3) is 4.35. The van der Waals surface area contributed by atoms with Gasteiger partial charge >= 0.3 is 0 Å². The Morgan fingerprint density at radius 3 is 2.38 bits per heavy atom. The van der Waals surface area contributed by atoms with Crippen molar-refractivity contribution in [3.05, 3.63) is 65.2 Å². The van der Waals surface area contributed by atoms with E-state index in [0.29, 0.717) is 5.92 Å². The van der Waals surface area contributed by atoms with E-state index in [4.69, 9.17) is 5.73 Å². The largest absolute Gasteiger partial charge is 0.381 e. The minimum Gasteiger partial charge on any atom is -0.381 e. The molecule has 0 saturated heterocycles. The second-order valence-electron chi connectivity index (χ2n) is 5.55. The van der Waals surface area contributed by atoms with Crippen LogP contribution in [0.25, 0.3) is 0 Å². The monoisotopic (exact) mass is 282 g/mol. The number of amides is 1. The minimum absolute atomic E-state index is 0.259. The lowest BCUT2D eigenvalue weighted by molar-refractivity contribution is -0.117. The number of hydrogen-bond donors (Lipinski definition) is 2. The average Bonchev–Trinajstić information content (AvgIpc) is 2.46. The minimum atomic E-state index is -0.314. The van der Waals surface area contributed by atoms with Gasteiger partial charge in [-0.1, -0.05) is 56.3 Å². The van der Waals surface area contributed by atoms with Crippen molar-refractivity contribution in [2.24, 2.45) is 5.73 Å². The first kappa shape index (κ1) is 15.1. The quantitative estimate of drug-likeness (QED) is 0.852. The highest BCUT2D eigenvalue weighted by Gasteiger charge is 2.05. The van der Waals surface area contributed by atoms with Crippen molar-refractivity contribution in [1.29, 1.82) is 0 Å². The Balaban J connectivity index is 2.04. The Labute approximate surface area is 126 Å². The summed E-state index contributed by atoms with van der Waals surface area (Å²) in [6.07, 6.45) is 0.259. The van der Waals surface area contributed by atoms with Crippen LogP contribution in [-0.2, 0) is 17.8 Å². The molecule has 2 rings (SSSR count). The lowest BCUT2D eigenvalue weighted by atomic mass is 10.0. The van der Waals surface area contributed by atoms with Crippen LogP contribution in [-0.4, -0.2) is 5.91 Å². The molecule has 0 aliphatic rings. The van der Waals surface area contributed by atoms with Crippen molar-refractivity contribution >= 4 is 11.6 Å². The number of nitrogens with one attached hydrogen (secondary N) is 1. The van der Waals surface area contributed by atoms with Gasteiger partial charge in [0.2, 0.25) is 5.91 Å². The molecule has 0 aliphatic heterocycles. The summed E-state index contributed by atoms with van der Waals surface area (Å²) in [5.74, 6) is 0.230. The fraction of sp³-hybridized carbons (Fsp3) is 0.278. The number of anilines is 1. The molecule has 21 heavy (non-hydrogen) atoms. The number of nitrogens with two attached hydrogens (primary N) is 1. The highest BCUT2D eigenvalue weighted by atomic mass is 16.1. The maximum atomic E-state index is 11.1. The van der Waals surface area contributed by atoms with E-state index in [2.05, 4.69) is 43.4 Å². The summed E-state index contributed by atoms with van der Waals surface area (Å²) >= 11 is 0. The fourth-order valence-corrected chi connectivity index (χ4v) is 2.25. The van der Waals surface area contributed by atoms with E-state index in [9.17, 15) is 4.79 Å². The van der Waals surface area contributed by atoms with E-state index in [1.54, 1.807) is 0 Å². The van der Waals surface area contributed by atoms with Crippen LogP contribution in [0.1, 0.15) is 36.5 Å². The Morgan fingerprint density at radius 1 is 1.10 bits per heavy atom. The third-order valence-corrected chi connectivity index (χ3v) is 3.51. The zero-order valence-corrected chi connectivity index (χ0v) is 12.6. The van der Waals surface area contributed by atoms with Crippen molar-refractivity contribution in [3.63, 3.8) is 0 Å². The molecule has 0 fully saturated rings. The number of carbonyl (C=O) groups is 1. The van der Waals surface area contributed by atoms with Gasteiger partial charge in [0.15, 0.2) is 0 Å². The zero-order chi connectivity index (χ0) is 15.2. The maximum Gasteiger partial charge on any atom is 0.221 e. The highest BCUT2D eigenvalue weighted by molar-refractivity contribution is 5.78. The molecule has 0 unspecified atom stereocenters. The standard InChI is InChI=1S/C18H22N2O/c1-13(2)15-9-7-14(8-10-15)12-20-17-6-4-3-5-16(17)11-18(19)21/h3-10,13,20H,11-12H2,1-2H3,(H2,19,21). The van der Waals surface area contributed by atoms with Gasteiger partial charge in [-0.05, 0) is 28.7 Å². The molecule has 0 radical (unpaired) electrons. The van der Waals surface area contributed by atoms with Crippen LogP contribution in [0.5, 0.6) is 0 Å². The van der Waals surface area contributed by atoms with E-state index in [1.165, 1.54) is 11.1 Å². The molecular weight excluding hydrogens is 260 g/mol. The van der Waals surface area contributed by atoms with Crippen LogP contribution >= 0.6 is 0 Å². The molecule has 1 amide bonds. The van der Waals surface area contributed by atoms with Gasteiger partial charge in [-0.3, -0.25) is 4.79 Å². The predicted octanol–water partition coefficient (Wildman–Crippen LogP) is 3.45. The van der Waals surface area contributed by atoms with E-state index in [-0.39, 0.29) is 12.3 Å². The van der Waals surface area contributed by atoms with E-state index in [0.717, 1.165) is 17.8 Å². The highest BCUT2D eigenvalue weighted by Crippen LogP contribution is 2.18. The van der Waals surface area contributed by atoms with Crippen LogP contribution in [0.2, 0.25) is 0 Å². The SMILES string of the molecule is CC(C)c1ccc(CNc2ccccc2CC(N)=O)cc1. The molecule has 0 aromatic heterocycles. The molecular formula is C18H22N2O. The topological polar surface area (TPSA) is 55.1 Å². The first-order valence-electron chi connectivity index (χ1n) is 7.25. The van der Waals surface area contributed by atoms with Gasteiger partial charge < -0.3 is 11.1 Å². The smallest absolute Gasteiger partial charge is 0.221 e. The van der Waals surface area contributed by atoms with Crippen LogP contribution in [0.4, 0.5) is 5.69 Å². The number of primary amides is 1. The first-order chi connectivity index (χ1) is 10.1. The Hall–Kier alpha value is -2.29. The molecule has 0 spiro atoms. The van der Waals surface area contributed by atoms with Crippen molar-refractivity contribution in [1.82, 2.24) is 0 Å². The lowest BCUT2D eigenvalue weighted by Crippen LogP contribution is -2.15. The predicted molar refractivity (Wildman–Crippen MR) is 87.2 cm³/mol. The summed E-state index contributed by atoms with van der Waals surface area (Å²) in [5, 5.41) is 3.38. The number of rotatable bonds is 6. The average molecular weight is 282 g/mol. The van der Waals surface area contributed by atoms with Gasteiger partial charge in [0.1, 0.15) is 0 Å². The Kier molecular flexibility index (Phi) is 4.99. The van der Waals surface area contributed by atoms with Crippen LogP contribution in [0, 0.1) is 0 Å². The molecule has 0 heterocycles. The summed E-state index contributed by atoms with van der Waals surface area (Å²) < 4.78 is 0. The normalized spacial score (nSPS) is 10.6. The van der Waals surface area contributed by atoms with Crippen LogP contribution in [0.3, 0.4) is 0 Å². The van der Waals surface area contributed by atoms with E-state index >= 15 is 0 Å². The molecule has 0 aliphatic carbocycles. The number of carbonyl (C=O) groups excluding carboxylic acids is 1. The molecule has 2 aromatic rings. The van der Waals surface area contributed by atoms with Gasteiger partial charge in [0.25, 0.3) is 0 Å². The van der Waals surface area contributed by atoms with Gasteiger partial charge in [-0.15, -0.1) is 0 Å². The molecule has 3 heteroatoms. The van der Waals surface area contributed by atoms with Gasteiger partial charge in [-0.25, -0.2) is 0 Å². The lowest BCUT2D eigenvalue weighted by Gasteiger charge is -2.12. The van der Waals surface area contributed by atoms with Crippen molar-refractivity contribution in [3.8, 4) is 0 Å². The summed E-state index contributed by atoms with van der Waals surface area (Å²) in [6, 6.07) is 16.4. The zero-order valence-electron chi connectivity index (χ0n) is 12.6. The van der Waals surface area contributed by atoms with E-state index < -0.39 is 0 Å². The first-order valence-corrected chi connectivity index (χ1v) is 7.25. The number of para-hydroxylation sites is 1. The van der Waals surface area contributed by atoms with Gasteiger partial charge in [0.05, 0.1) is 6.42 Å². The number of benzene rings is 2. The van der Waals surface area contributed by atoms with Gasteiger partial charge in [-0.2, -0.15) is 0 Å². The maximum absolute atomic E-state index is 11.1. The number of hydrogen-bond acceptors (Lipinski definition) is 2. The Bertz CT molecular complexity index is 603. The summed E-state index contributed by atoms with van der Waals surface area (Å²) in [4.78, 5) is 11.1. The molecule has 0 saturated carbocycles. The molecule has 3 N–H and O–H groups in total.